The molecular weight excluding hydrogens is 274 g/mol. The minimum absolute atomic E-state index is 0.204. The van der Waals surface area contributed by atoms with Crippen molar-refractivity contribution in [3.63, 3.8) is 0 Å². The van der Waals surface area contributed by atoms with Crippen molar-refractivity contribution < 1.29 is 9.84 Å². The topological polar surface area (TPSA) is 41.5 Å². The zero-order chi connectivity index (χ0) is 15.9. The molecule has 0 heterocycles. The fourth-order valence-corrected chi connectivity index (χ4v) is 2.45. The number of aryl methyl sites for hydroxylation is 2. The highest BCUT2D eigenvalue weighted by atomic mass is 16.5. The highest BCUT2D eigenvalue weighted by molar-refractivity contribution is 5.28. The average molecular weight is 299 g/mol. The maximum absolute atomic E-state index is 10.1. The van der Waals surface area contributed by atoms with Crippen molar-refractivity contribution in [1.29, 1.82) is 0 Å². The summed E-state index contributed by atoms with van der Waals surface area (Å²) in [5.74, 6) is 0.797. The maximum atomic E-state index is 10.1. The van der Waals surface area contributed by atoms with E-state index in [1.165, 1.54) is 11.1 Å². The molecule has 2 aromatic rings. The number of hydrogen-bond donors (Lipinski definition) is 2. The predicted octanol–water partition coefficient (Wildman–Crippen LogP) is 3.39. The van der Waals surface area contributed by atoms with Gasteiger partial charge in [0.1, 0.15) is 18.5 Å². The van der Waals surface area contributed by atoms with Crippen LogP contribution in [0.25, 0.3) is 0 Å². The summed E-state index contributed by atoms with van der Waals surface area (Å²) in [5, 5.41) is 13.4. The molecule has 3 heteroatoms. The van der Waals surface area contributed by atoms with Crippen LogP contribution in [0.1, 0.15) is 29.7 Å². The van der Waals surface area contributed by atoms with Gasteiger partial charge in [-0.3, -0.25) is 0 Å². The molecule has 2 aromatic carbocycles. The van der Waals surface area contributed by atoms with Crippen molar-refractivity contribution >= 4 is 0 Å². The summed E-state index contributed by atoms with van der Waals surface area (Å²) in [6.07, 6.45) is -0.535. The molecule has 2 rings (SSSR count). The summed E-state index contributed by atoms with van der Waals surface area (Å²) in [7, 11) is 0. The number of aliphatic hydroxyl groups excluding tert-OH is 1. The fourth-order valence-electron chi connectivity index (χ4n) is 2.45. The first-order chi connectivity index (χ1) is 10.6. The third-order valence-corrected chi connectivity index (χ3v) is 3.75. The van der Waals surface area contributed by atoms with E-state index in [1.807, 2.05) is 43.3 Å². The SMILES string of the molecule is Cc1cccc(OCC(O)CNC(C)c2ccccc2C)c1. The van der Waals surface area contributed by atoms with E-state index >= 15 is 0 Å². The first kappa shape index (κ1) is 16.5. The van der Waals surface area contributed by atoms with E-state index in [0.717, 1.165) is 11.3 Å². The molecule has 0 saturated carbocycles. The second-order valence-corrected chi connectivity index (χ2v) is 5.77. The van der Waals surface area contributed by atoms with Gasteiger partial charge in [0.05, 0.1) is 0 Å². The molecule has 0 amide bonds. The lowest BCUT2D eigenvalue weighted by Crippen LogP contribution is -2.33. The van der Waals surface area contributed by atoms with Gasteiger partial charge < -0.3 is 15.2 Å². The Morgan fingerprint density at radius 1 is 1.09 bits per heavy atom. The van der Waals surface area contributed by atoms with Gasteiger partial charge in [0, 0.05) is 12.6 Å². The van der Waals surface area contributed by atoms with E-state index < -0.39 is 6.10 Å². The highest BCUT2D eigenvalue weighted by Gasteiger charge is 2.11. The number of rotatable bonds is 7. The molecule has 2 atom stereocenters. The molecule has 0 spiro atoms. The van der Waals surface area contributed by atoms with Gasteiger partial charge in [0.2, 0.25) is 0 Å². The molecule has 2 N–H and O–H groups in total. The van der Waals surface area contributed by atoms with E-state index in [1.54, 1.807) is 0 Å². The molecule has 0 fully saturated rings. The molecule has 22 heavy (non-hydrogen) atoms. The molecule has 0 aromatic heterocycles. The molecule has 0 bridgehead atoms. The van der Waals surface area contributed by atoms with E-state index in [2.05, 4.69) is 31.3 Å². The zero-order valence-corrected chi connectivity index (χ0v) is 13.5. The molecule has 118 valence electrons. The highest BCUT2D eigenvalue weighted by Crippen LogP contribution is 2.16. The van der Waals surface area contributed by atoms with Gasteiger partial charge in [0.15, 0.2) is 0 Å². The maximum Gasteiger partial charge on any atom is 0.119 e. The molecule has 0 aliphatic rings. The summed E-state index contributed by atoms with van der Waals surface area (Å²) < 4.78 is 5.62. The van der Waals surface area contributed by atoms with Crippen LogP contribution in [-0.2, 0) is 0 Å². The fraction of sp³-hybridized carbons (Fsp3) is 0.368. The van der Waals surface area contributed by atoms with Gasteiger partial charge in [-0.2, -0.15) is 0 Å². The van der Waals surface area contributed by atoms with Gasteiger partial charge in [-0.05, 0) is 49.6 Å². The van der Waals surface area contributed by atoms with Gasteiger partial charge in [0.25, 0.3) is 0 Å². The number of benzene rings is 2. The number of ether oxygens (including phenoxy) is 1. The third kappa shape index (κ3) is 4.86. The zero-order valence-electron chi connectivity index (χ0n) is 13.5. The summed E-state index contributed by atoms with van der Waals surface area (Å²) in [5.41, 5.74) is 3.67. The van der Waals surface area contributed by atoms with Crippen LogP contribution in [0.3, 0.4) is 0 Å². The Hall–Kier alpha value is -1.84. The summed E-state index contributed by atoms with van der Waals surface area (Å²) >= 11 is 0. The number of hydrogen-bond acceptors (Lipinski definition) is 3. The Morgan fingerprint density at radius 2 is 1.86 bits per heavy atom. The van der Waals surface area contributed by atoms with Crippen molar-refractivity contribution in [2.24, 2.45) is 0 Å². The minimum atomic E-state index is -0.535. The normalized spacial score (nSPS) is 13.6. The van der Waals surface area contributed by atoms with Crippen molar-refractivity contribution in [1.82, 2.24) is 5.32 Å². The van der Waals surface area contributed by atoms with Crippen LogP contribution >= 0.6 is 0 Å². The van der Waals surface area contributed by atoms with E-state index in [9.17, 15) is 5.11 Å². The van der Waals surface area contributed by atoms with Crippen LogP contribution in [0.2, 0.25) is 0 Å². The molecule has 3 nitrogen and oxygen atoms in total. The lowest BCUT2D eigenvalue weighted by Gasteiger charge is -2.19. The second kappa shape index (κ2) is 7.97. The van der Waals surface area contributed by atoms with Gasteiger partial charge >= 0.3 is 0 Å². The number of aliphatic hydroxyl groups is 1. The van der Waals surface area contributed by atoms with Gasteiger partial charge in [-0.25, -0.2) is 0 Å². The lowest BCUT2D eigenvalue weighted by molar-refractivity contribution is 0.104. The molecule has 0 saturated heterocycles. The summed E-state index contributed by atoms with van der Waals surface area (Å²) in [6, 6.07) is 16.3. The molecule has 2 unspecified atom stereocenters. The Labute approximate surface area is 133 Å². The van der Waals surface area contributed by atoms with Crippen LogP contribution in [0.5, 0.6) is 5.75 Å². The van der Waals surface area contributed by atoms with Crippen molar-refractivity contribution in [2.45, 2.75) is 32.9 Å². The average Bonchev–Trinajstić information content (AvgIpc) is 2.51. The largest absolute Gasteiger partial charge is 0.491 e. The van der Waals surface area contributed by atoms with Crippen LogP contribution in [0.15, 0.2) is 48.5 Å². The Kier molecular flexibility index (Phi) is 5.99. The van der Waals surface area contributed by atoms with Crippen LogP contribution in [0, 0.1) is 13.8 Å². The lowest BCUT2D eigenvalue weighted by atomic mass is 10.0. The molecule has 0 aliphatic carbocycles. The first-order valence-electron chi connectivity index (χ1n) is 7.72. The van der Waals surface area contributed by atoms with Crippen LogP contribution in [-0.4, -0.2) is 24.4 Å². The molecular formula is C19H25NO2. The van der Waals surface area contributed by atoms with Crippen molar-refractivity contribution in [3.05, 3.63) is 65.2 Å². The first-order valence-corrected chi connectivity index (χ1v) is 7.72. The predicted molar refractivity (Wildman–Crippen MR) is 90.3 cm³/mol. The monoisotopic (exact) mass is 299 g/mol. The Bertz CT molecular complexity index is 597. The van der Waals surface area contributed by atoms with Crippen LogP contribution < -0.4 is 10.1 Å². The standard InChI is InChI=1S/C19H25NO2/c1-14-7-6-9-18(11-14)22-13-17(21)12-20-16(3)19-10-5-4-8-15(19)2/h4-11,16-17,20-21H,12-13H2,1-3H3. The van der Waals surface area contributed by atoms with Crippen molar-refractivity contribution in [3.8, 4) is 5.75 Å². The quantitative estimate of drug-likeness (QED) is 0.823. The summed E-state index contributed by atoms with van der Waals surface area (Å²) in [4.78, 5) is 0. The Morgan fingerprint density at radius 3 is 2.59 bits per heavy atom. The minimum Gasteiger partial charge on any atom is -0.491 e. The van der Waals surface area contributed by atoms with E-state index in [-0.39, 0.29) is 12.6 Å². The van der Waals surface area contributed by atoms with Gasteiger partial charge in [-0.15, -0.1) is 0 Å². The number of nitrogens with one attached hydrogen (secondary N) is 1. The van der Waals surface area contributed by atoms with E-state index in [4.69, 9.17) is 4.74 Å². The van der Waals surface area contributed by atoms with Crippen LogP contribution in [0.4, 0.5) is 0 Å². The smallest absolute Gasteiger partial charge is 0.119 e. The molecule has 0 radical (unpaired) electrons. The van der Waals surface area contributed by atoms with Gasteiger partial charge in [-0.1, -0.05) is 36.4 Å². The third-order valence-electron chi connectivity index (χ3n) is 3.75. The van der Waals surface area contributed by atoms with E-state index in [0.29, 0.717) is 6.54 Å². The summed E-state index contributed by atoms with van der Waals surface area (Å²) in [6.45, 7) is 7.02. The molecule has 0 aliphatic heterocycles. The van der Waals surface area contributed by atoms with Crippen molar-refractivity contribution in [2.75, 3.05) is 13.2 Å². The Balaban J connectivity index is 1.78. The second-order valence-electron chi connectivity index (χ2n) is 5.77.